The van der Waals surface area contributed by atoms with E-state index in [4.69, 9.17) is 16.3 Å². The molecule has 2 nitrogen and oxygen atoms in total. The summed E-state index contributed by atoms with van der Waals surface area (Å²) in [6, 6.07) is 7.40. The summed E-state index contributed by atoms with van der Waals surface area (Å²) in [4.78, 5) is 11.5. The fraction of sp³-hybridized carbons (Fsp3) is 0.364. The average molecular weight is 211 g/mol. The number of halogens is 1. The van der Waals surface area contributed by atoms with Crippen LogP contribution in [0.15, 0.2) is 24.3 Å². The summed E-state index contributed by atoms with van der Waals surface area (Å²) < 4.78 is 5.13. The molecule has 0 saturated carbocycles. The van der Waals surface area contributed by atoms with E-state index in [-0.39, 0.29) is 5.78 Å². The number of carbonyl (C=O) groups excluding carboxylic acids is 1. The zero-order chi connectivity index (χ0) is 10.2. The van der Waals surface area contributed by atoms with E-state index in [1.54, 1.807) is 19.1 Å². The molecule has 0 bridgehead atoms. The molecule has 1 aliphatic heterocycles. The summed E-state index contributed by atoms with van der Waals surface area (Å²) in [5, 5.41) is 0.688. The number of hydrogen-bond acceptors (Lipinski definition) is 2. The first-order valence-corrected chi connectivity index (χ1v) is 4.88. The minimum absolute atomic E-state index is 0.158. The zero-order valence-corrected chi connectivity index (χ0v) is 8.67. The van der Waals surface area contributed by atoms with Gasteiger partial charge in [0.25, 0.3) is 0 Å². The third kappa shape index (κ3) is 1.35. The lowest BCUT2D eigenvalue weighted by molar-refractivity contribution is -0.140. The Labute approximate surface area is 87.8 Å². The number of ether oxygens (including phenoxy) is 1. The van der Waals surface area contributed by atoms with Crippen molar-refractivity contribution in [2.24, 2.45) is 0 Å². The van der Waals surface area contributed by atoms with Gasteiger partial charge in [0.15, 0.2) is 0 Å². The Morgan fingerprint density at radius 3 is 2.29 bits per heavy atom. The Balaban J connectivity index is 2.37. The predicted octanol–water partition coefficient (Wildman–Crippen LogP) is 2.20. The Kier molecular flexibility index (Phi) is 2.33. The third-order valence-electron chi connectivity index (χ3n) is 2.77. The second-order valence-corrected chi connectivity index (χ2v) is 4.07. The molecule has 0 N–H and O–H groups in total. The second-order valence-electron chi connectivity index (χ2n) is 3.64. The van der Waals surface area contributed by atoms with Crippen molar-refractivity contribution in [2.75, 3.05) is 13.2 Å². The molecule has 1 aromatic rings. The molecule has 0 atom stereocenters. The van der Waals surface area contributed by atoms with Crippen molar-refractivity contribution >= 4 is 17.4 Å². The van der Waals surface area contributed by atoms with Crippen LogP contribution >= 0.6 is 11.6 Å². The molecular formula is C11H11ClO2. The van der Waals surface area contributed by atoms with Gasteiger partial charge in [-0.25, -0.2) is 0 Å². The molecule has 0 amide bonds. The van der Waals surface area contributed by atoms with Gasteiger partial charge in [0.2, 0.25) is 0 Å². The highest BCUT2D eigenvalue weighted by molar-refractivity contribution is 6.30. The van der Waals surface area contributed by atoms with Crippen LogP contribution in [0.4, 0.5) is 0 Å². The van der Waals surface area contributed by atoms with E-state index in [1.807, 2.05) is 12.1 Å². The van der Waals surface area contributed by atoms with Gasteiger partial charge in [-0.1, -0.05) is 23.7 Å². The van der Waals surface area contributed by atoms with Gasteiger partial charge in [-0.15, -0.1) is 0 Å². The van der Waals surface area contributed by atoms with Crippen LogP contribution in [0.5, 0.6) is 0 Å². The fourth-order valence-electron chi connectivity index (χ4n) is 1.65. The topological polar surface area (TPSA) is 26.3 Å². The summed E-state index contributed by atoms with van der Waals surface area (Å²) in [5.74, 6) is 0.158. The number of rotatable bonds is 2. The monoisotopic (exact) mass is 210 g/mol. The smallest absolute Gasteiger partial charge is 0.145 e. The normalized spacial score (nSPS) is 18.7. The van der Waals surface area contributed by atoms with E-state index < -0.39 is 5.41 Å². The lowest BCUT2D eigenvalue weighted by Crippen LogP contribution is -2.52. The maximum absolute atomic E-state index is 11.5. The molecule has 3 heteroatoms. The molecular weight excluding hydrogens is 200 g/mol. The van der Waals surface area contributed by atoms with Gasteiger partial charge in [-0.3, -0.25) is 4.79 Å². The number of ketones is 1. The lowest BCUT2D eigenvalue weighted by Gasteiger charge is -2.39. The van der Waals surface area contributed by atoms with Crippen LogP contribution in [0.25, 0.3) is 0 Å². The Morgan fingerprint density at radius 2 is 1.93 bits per heavy atom. The van der Waals surface area contributed by atoms with Crippen molar-refractivity contribution < 1.29 is 9.53 Å². The molecule has 74 valence electrons. The van der Waals surface area contributed by atoms with E-state index in [9.17, 15) is 4.79 Å². The minimum Gasteiger partial charge on any atom is -0.378 e. The molecule has 0 aromatic heterocycles. The van der Waals surface area contributed by atoms with Gasteiger partial charge in [-0.05, 0) is 24.6 Å². The summed E-state index contributed by atoms with van der Waals surface area (Å²) in [6.45, 7) is 2.59. The quantitative estimate of drug-likeness (QED) is 0.748. The SMILES string of the molecule is CC(=O)C1(c2ccc(Cl)cc2)COC1. The molecule has 1 aliphatic rings. The van der Waals surface area contributed by atoms with E-state index in [2.05, 4.69) is 0 Å². The number of benzene rings is 1. The van der Waals surface area contributed by atoms with Crippen molar-refractivity contribution in [3.63, 3.8) is 0 Å². The number of carbonyl (C=O) groups is 1. The Bertz CT molecular complexity index is 352. The molecule has 14 heavy (non-hydrogen) atoms. The van der Waals surface area contributed by atoms with Crippen molar-refractivity contribution in [1.82, 2.24) is 0 Å². The second kappa shape index (κ2) is 3.37. The van der Waals surface area contributed by atoms with Gasteiger partial charge in [0.05, 0.1) is 13.2 Å². The highest BCUT2D eigenvalue weighted by Crippen LogP contribution is 2.33. The van der Waals surface area contributed by atoms with Crippen molar-refractivity contribution in [2.45, 2.75) is 12.3 Å². The standard InChI is InChI=1S/C11H11ClO2/c1-8(13)11(6-14-7-11)9-2-4-10(12)5-3-9/h2-5H,6-7H2,1H3. The van der Waals surface area contributed by atoms with Gasteiger partial charge in [0, 0.05) is 5.02 Å². The molecule has 0 aliphatic carbocycles. The van der Waals surface area contributed by atoms with E-state index in [1.165, 1.54) is 0 Å². The van der Waals surface area contributed by atoms with E-state index in [0.717, 1.165) is 5.56 Å². The summed E-state index contributed by atoms with van der Waals surface area (Å²) in [7, 11) is 0. The lowest BCUT2D eigenvalue weighted by atomic mass is 9.75. The first kappa shape index (κ1) is 9.69. The Hall–Kier alpha value is -0.860. The third-order valence-corrected chi connectivity index (χ3v) is 3.02. The van der Waals surface area contributed by atoms with Crippen LogP contribution in [0.2, 0.25) is 5.02 Å². The first-order chi connectivity index (χ1) is 6.65. The van der Waals surface area contributed by atoms with Crippen molar-refractivity contribution in [1.29, 1.82) is 0 Å². The highest BCUT2D eigenvalue weighted by Gasteiger charge is 2.44. The fourth-order valence-corrected chi connectivity index (χ4v) is 1.77. The van der Waals surface area contributed by atoms with Crippen molar-refractivity contribution in [3.8, 4) is 0 Å². The maximum atomic E-state index is 11.5. The van der Waals surface area contributed by atoms with Crippen LogP contribution in [-0.4, -0.2) is 19.0 Å². The summed E-state index contributed by atoms with van der Waals surface area (Å²) in [6.07, 6.45) is 0. The Morgan fingerprint density at radius 1 is 1.36 bits per heavy atom. The zero-order valence-electron chi connectivity index (χ0n) is 7.92. The van der Waals surface area contributed by atoms with Crippen LogP contribution in [0.3, 0.4) is 0 Å². The number of Topliss-reactive ketones (excluding diaryl/α,β-unsaturated/α-hetero) is 1. The molecule has 0 unspecified atom stereocenters. The van der Waals surface area contributed by atoms with Gasteiger partial charge in [-0.2, -0.15) is 0 Å². The predicted molar refractivity (Wildman–Crippen MR) is 54.6 cm³/mol. The minimum atomic E-state index is -0.412. The highest BCUT2D eigenvalue weighted by atomic mass is 35.5. The van der Waals surface area contributed by atoms with Crippen LogP contribution in [0.1, 0.15) is 12.5 Å². The molecule has 0 radical (unpaired) electrons. The summed E-state index contributed by atoms with van der Waals surface area (Å²) in [5.41, 5.74) is 0.588. The van der Waals surface area contributed by atoms with Gasteiger partial charge >= 0.3 is 0 Å². The first-order valence-electron chi connectivity index (χ1n) is 4.50. The van der Waals surface area contributed by atoms with Crippen LogP contribution in [0, 0.1) is 0 Å². The van der Waals surface area contributed by atoms with E-state index >= 15 is 0 Å². The molecule has 0 spiro atoms. The molecule has 2 rings (SSSR count). The molecule has 1 aromatic carbocycles. The van der Waals surface area contributed by atoms with Crippen molar-refractivity contribution in [3.05, 3.63) is 34.9 Å². The molecule has 1 saturated heterocycles. The van der Waals surface area contributed by atoms with Gasteiger partial charge < -0.3 is 4.74 Å². The van der Waals surface area contributed by atoms with Crippen LogP contribution < -0.4 is 0 Å². The molecule has 1 heterocycles. The largest absolute Gasteiger partial charge is 0.378 e. The maximum Gasteiger partial charge on any atom is 0.145 e. The number of hydrogen-bond donors (Lipinski definition) is 0. The average Bonchev–Trinajstić information content (AvgIpc) is 2.05. The van der Waals surface area contributed by atoms with Crippen LogP contribution in [-0.2, 0) is 14.9 Å². The molecule has 1 fully saturated rings. The summed E-state index contributed by atoms with van der Waals surface area (Å²) >= 11 is 5.79. The van der Waals surface area contributed by atoms with E-state index in [0.29, 0.717) is 18.2 Å². The van der Waals surface area contributed by atoms with Gasteiger partial charge in [0.1, 0.15) is 11.2 Å².